The Balaban J connectivity index is 2.34. The average molecular weight is 145 g/mol. The van der Waals surface area contributed by atoms with Gasteiger partial charge in [0, 0.05) is 13.1 Å². The van der Waals surface area contributed by atoms with Crippen LogP contribution in [-0.2, 0) is 0 Å². The van der Waals surface area contributed by atoms with Gasteiger partial charge in [0.25, 0.3) is 0 Å². The summed E-state index contributed by atoms with van der Waals surface area (Å²) in [6.45, 7) is 1.97. The van der Waals surface area contributed by atoms with Gasteiger partial charge in [0.05, 0.1) is 6.20 Å². The minimum absolute atomic E-state index is 0.212. The smallest absolute Gasteiger partial charge is 0.324 e. The normalized spacial score (nSPS) is 25.4. The summed E-state index contributed by atoms with van der Waals surface area (Å²) in [5.74, 6) is 0. The third-order valence-corrected chi connectivity index (χ3v) is 1.69. The third-order valence-electron chi connectivity index (χ3n) is 1.69. The summed E-state index contributed by atoms with van der Waals surface area (Å²) in [7, 11) is 0. The second-order valence-electron chi connectivity index (χ2n) is 2.63. The Labute approximate surface area is 65.9 Å². The predicted octanol–water partition coefficient (Wildman–Crippen LogP) is 1.95. The Morgan fingerprint density at radius 2 is 2.45 bits per heavy atom. The summed E-state index contributed by atoms with van der Waals surface area (Å²) in [6.07, 6.45) is 10.1. The molecule has 0 aromatic carbocycles. The molecule has 2 aliphatic heterocycles. The van der Waals surface area contributed by atoms with Crippen molar-refractivity contribution in [3.8, 4) is 6.07 Å². The standard InChI is InChI=1S/C9H9N2/c1-8-7-11-5-3-2-4-9(11)6-10-8/h2-5,7,9H,1H3/q+1. The molecule has 1 unspecified atom stereocenters. The molecule has 2 aliphatic rings. The molecular weight excluding hydrogens is 136 g/mol. The summed E-state index contributed by atoms with van der Waals surface area (Å²) in [6, 6.07) is 3.23. The molecule has 2 heteroatoms. The van der Waals surface area contributed by atoms with E-state index in [0.717, 1.165) is 5.70 Å². The molecule has 0 aromatic heterocycles. The first-order valence-corrected chi connectivity index (χ1v) is 3.63. The molecule has 2 heterocycles. The SMILES string of the molecule is CC1=CN2C=CC=CC2C#[N+]1. The van der Waals surface area contributed by atoms with Crippen LogP contribution in [0.15, 0.2) is 36.3 Å². The van der Waals surface area contributed by atoms with Gasteiger partial charge >= 0.3 is 11.8 Å². The molecule has 11 heavy (non-hydrogen) atoms. The number of fused-ring (bicyclic) bond motifs is 1. The van der Waals surface area contributed by atoms with Crippen molar-refractivity contribution in [2.75, 3.05) is 0 Å². The van der Waals surface area contributed by atoms with Gasteiger partial charge in [-0.3, -0.25) is 0 Å². The molecule has 0 amide bonds. The van der Waals surface area contributed by atoms with Crippen LogP contribution in [0.4, 0.5) is 0 Å². The van der Waals surface area contributed by atoms with Crippen LogP contribution >= 0.6 is 0 Å². The molecular formula is C9H9N2+. The maximum atomic E-state index is 4.10. The predicted molar refractivity (Wildman–Crippen MR) is 44.9 cm³/mol. The van der Waals surface area contributed by atoms with Crippen molar-refractivity contribution in [2.45, 2.75) is 13.0 Å². The van der Waals surface area contributed by atoms with Crippen molar-refractivity contribution >= 4 is 0 Å². The van der Waals surface area contributed by atoms with Gasteiger partial charge in [0.2, 0.25) is 0 Å². The van der Waals surface area contributed by atoms with Crippen LogP contribution in [-0.4, -0.2) is 10.9 Å². The van der Waals surface area contributed by atoms with Gasteiger partial charge in [0.15, 0.2) is 6.04 Å². The van der Waals surface area contributed by atoms with Crippen molar-refractivity contribution in [2.24, 2.45) is 0 Å². The summed E-state index contributed by atoms with van der Waals surface area (Å²) < 4.78 is 0. The van der Waals surface area contributed by atoms with Gasteiger partial charge in [-0.2, -0.15) is 0 Å². The second-order valence-corrected chi connectivity index (χ2v) is 2.63. The number of rotatable bonds is 0. The van der Waals surface area contributed by atoms with Gasteiger partial charge in [0.1, 0.15) is 0 Å². The van der Waals surface area contributed by atoms with Crippen LogP contribution < -0.4 is 0 Å². The number of hydrogen-bond donors (Lipinski definition) is 0. The molecule has 1 atom stereocenters. The summed E-state index contributed by atoms with van der Waals surface area (Å²) in [4.78, 5) is 6.18. The van der Waals surface area contributed by atoms with Crippen LogP contribution in [0.3, 0.4) is 0 Å². The molecule has 54 valence electrons. The lowest BCUT2D eigenvalue weighted by Gasteiger charge is -2.18. The van der Waals surface area contributed by atoms with Crippen LogP contribution in [0.1, 0.15) is 6.92 Å². The van der Waals surface area contributed by atoms with Gasteiger partial charge in [-0.05, 0) is 17.0 Å². The van der Waals surface area contributed by atoms with E-state index in [1.165, 1.54) is 0 Å². The number of nitrogens with zero attached hydrogens (tertiary/aromatic N) is 2. The fraction of sp³-hybridized carbons (Fsp3) is 0.222. The molecule has 0 spiro atoms. The number of allylic oxidation sites excluding steroid dienone is 3. The fourth-order valence-electron chi connectivity index (χ4n) is 1.16. The fourth-order valence-corrected chi connectivity index (χ4v) is 1.16. The molecule has 0 bridgehead atoms. The van der Waals surface area contributed by atoms with Gasteiger partial charge in [-0.25, -0.2) is 0 Å². The third kappa shape index (κ3) is 1.05. The van der Waals surface area contributed by atoms with Crippen LogP contribution in [0.5, 0.6) is 0 Å². The van der Waals surface area contributed by atoms with Crippen molar-refractivity contribution in [3.63, 3.8) is 0 Å². The highest BCUT2D eigenvalue weighted by Crippen LogP contribution is 2.14. The van der Waals surface area contributed by atoms with E-state index in [2.05, 4.69) is 21.9 Å². The Morgan fingerprint density at radius 3 is 3.36 bits per heavy atom. The first-order chi connectivity index (χ1) is 5.36. The van der Waals surface area contributed by atoms with E-state index in [1.54, 1.807) is 0 Å². The van der Waals surface area contributed by atoms with E-state index in [-0.39, 0.29) is 6.04 Å². The summed E-state index contributed by atoms with van der Waals surface area (Å²) in [5.41, 5.74) is 1.00. The average Bonchev–Trinajstić information content (AvgIpc) is 2.04. The highest BCUT2D eigenvalue weighted by molar-refractivity contribution is 5.30. The Kier molecular flexibility index (Phi) is 1.29. The zero-order valence-electron chi connectivity index (χ0n) is 6.36. The van der Waals surface area contributed by atoms with Crippen molar-refractivity contribution in [3.05, 3.63) is 41.2 Å². The lowest BCUT2D eigenvalue weighted by molar-refractivity contribution is 0.484. The van der Waals surface area contributed by atoms with Gasteiger partial charge in [-0.1, -0.05) is 6.08 Å². The molecule has 0 saturated heterocycles. The van der Waals surface area contributed by atoms with Crippen molar-refractivity contribution in [1.29, 1.82) is 0 Å². The van der Waals surface area contributed by atoms with Gasteiger partial charge < -0.3 is 4.90 Å². The maximum Gasteiger partial charge on any atom is 0.329 e. The largest absolute Gasteiger partial charge is 0.329 e. The van der Waals surface area contributed by atoms with E-state index < -0.39 is 0 Å². The van der Waals surface area contributed by atoms with Crippen LogP contribution in [0.25, 0.3) is 4.85 Å². The summed E-state index contributed by atoms with van der Waals surface area (Å²) in [5, 5.41) is 0. The first kappa shape index (κ1) is 6.23. The first-order valence-electron chi connectivity index (χ1n) is 3.63. The molecule has 0 radical (unpaired) electrons. The summed E-state index contributed by atoms with van der Waals surface area (Å²) >= 11 is 0. The topological polar surface area (TPSA) is 7.60 Å². The van der Waals surface area contributed by atoms with Crippen LogP contribution in [0, 0.1) is 6.07 Å². The second kappa shape index (κ2) is 2.28. The lowest BCUT2D eigenvalue weighted by Crippen LogP contribution is -2.25. The van der Waals surface area contributed by atoms with E-state index in [9.17, 15) is 0 Å². The van der Waals surface area contributed by atoms with E-state index >= 15 is 0 Å². The Hall–Kier alpha value is -1.49. The number of hydrogen-bond acceptors (Lipinski definition) is 1. The van der Waals surface area contributed by atoms with Crippen LogP contribution in [0.2, 0.25) is 0 Å². The van der Waals surface area contributed by atoms with E-state index in [1.807, 2.05) is 31.5 Å². The van der Waals surface area contributed by atoms with Crippen molar-refractivity contribution in [1.82, 2.24) is 4.90 Å². The Morgan fingerprint density at radius 1 is 1.55 bits per heavy atom. The lowest BCUT2D eigenvalue weighted by atomic mass is 10.2. The zero-order valence-corrected chi connectivity index (χ0v) is 6.36. The highest BCUT2D eigenvalue weighted by atomic mass is 15.1. The highest BCUT2D eigenvalue weighted by Gasteiger charge is 2.21. The quantitative estimate of drug-likeness (QED) is 0.505. The molecule has 0 N–H and O–H groups in total. The molecule has 0 aliphatic carbocycles. The monoisotopic (exact) mass is 145 g/mol. The zero-order chi connectivity index (χ0) is 7.68. The minimum atomic E-state index is 0.212. The molecule has 2 rings (SSSR count). The van der Waals surface area contributed by atoms with Crippen molar-refractivity contribution < 1.29 is 0 Å². The maximum absolute atomic E-state index is 4.10. The Bertz CT molecular complexity index is 312. The van der Waals surface area contributed by atoms with E-state index in [0.29, 0.717) is 0 Å². The minimum Gasteiger partial charge on any atom is -0.324 e. The van der Waals surface area contributed by atoms with E-state index in [4.69, 9.17) is 0 Å². The van der Waals surface area contributed by atoms with Gasteiger partial charge in [-0.15, -0.1) is 0 Å². The molecule has 2 nitrogen and oxygen atoms in total. The molecule has 0 aromatic rings. The molecule has 0 fully saturated rings. The molecule has 0 saturated carbocycles.